The van der Waals surface area contributed by atoms with E-state index in [1.807, 2.05) is 19.1 Å². The van der Waals surface area contributed by atoms with Crippen molar-refractivity contribution < 1.29 is 8.42 Å². The molecule has 1 aromatic carbocycles. The molecule has 0 aliphatic rings. The standard InChI is InChI=1S/C11H15NO2S/c1-3-9-12-15(13,14)11-7-5-10(4-2)6-8-11/h3,5-8,12H,1,4,9H2,2H3. The Morgan fingerprint density at radius 2 is 1.93 bits per heavy atom. The molecule has 1 rings (SSSR count). The first kappa shape index (κ1) is 11.9. The molecular formula is C11H15NO2S. The maximum Gasteiger partial charge on any atom is 0.240 e. The molecule has 0 aliphatic carbocycles. The van der Waals surface area contributed by atoms with Crippen LogP contribution >= 0.6 is 0 Å². The molecule has 82 valence electrons. The van der Waals surface area contributed by atoms with Crippen LogP contribution in [0.2, 0.25) is 0 Å². The molecular weight excluding hydrogens is 210 g/mol. The Hall–Kier alpha value is -1.13. The third-order valence-electron chi connectivity index (χ3n) is 2.06. The topological polar surface area (TPSA) is 46.2 Å². The molecule has 15 heavy (non-hydrogen) atoms. The minimum absolute atomic E-state index is 0.248. The molecule has 0 fully saturated rings. The van der Waals surface area contributed by atoms with Gasteiger partial charge in [0, 0.05) is 6.54 Å². The molecule has 0 amide bonds. The predicted octanol–water partition coefficient (Wildman–Crippen LogP) is 1.71. The van der Waals surface area contributed by atoms with E-state index in [0.29, 0.717) is 4.90 Å². The maximum atomic E-state index is 11.6. The highest BCUT2D eigenvalue weighted by atomic mass is 32.2. The predicted molar refractivity (Wildman–Crippen MR) is 61.2 cm³/mol. The number of sulfonamides is 1. The average molecular weight is 225 g/mol. The second-order valence-electron chi connectivity index (χ2n) is 3.14. The summed E-state index contributed by atoms with van der Waals surface area (Å²) >= 11 is 0. The quantitative estimate of drug-likeness (QED) is 0.775. The van der Waals surface area contributed by atoms with Crippen molar-refractivity contribution in [1.82, 2.24) is 4.72 Å². The lowest BCUT2D eigenvalue weighted by atomic mass is 10.2. The normalized spacial score (nSPS) is 11.3. The Bertz CT molecular complexity index is 420. The molecule has 3 nitrogen and oxygen atoms in total. The zero-order chi connectivity index (χ0) is 11.3. The lowest BCUT2D eigenvalue weighted by Crippen LogP contribution is -2.23. The SMILES string of the molecule is C=CCNS(=O)(=O)c1ccc(CC)cc1. The molecule has 1 N–H and O–H groups in total. The lowest BCUT2D eigenvalue weighted by Gasteiger charge is -2.04. The summed E-state index contributed by atoms with van der Waals surface area (Å²) in [6.07, 6.45) is 2.42. The molecule has 0 atom stereocenters. The Kier molecular flexibility index (Phi) is 4.05. The Morgan fingerprint density at radius 3 is 2.40 bits per heavy atom. The van der Waals surface area contributed by atoms with E-state index in [9.17, 15) is 8.42 Å². The summed E-state index contributed by atoms with van der Waals surface area (Å²) in [7, 11) is -3.37. The van der Waals surface area contributed by atoms with Gasteiger partial charge in [-0.25, -0.2) is 13.1 Å². The Balaban J connectivity index is 2.90. The van der Waals surface area contributed by atoms with Crippen LogP contribution in [0.15, 0.2) is 41.8 Å². The smallest absolute Gasteiger partial charge is 0.207 e. The third kappa shape index (κ3) is 3.18. The van der Waals surface area contributed by atoms with Gasteiger partial charge in [0.15, 0.2) is 0 Å². The van der Waals surface area contributed by atoms with Gasteiger partial charge in [-0.05, 0) is 24.1 Å². The van der Waals surface area contributed by atoms with Crippen LogP contribution < -0.4 is 4.72 Å². The maximum absolute atomic E-state index is 11.6. The van der Waals surface area contributed by atoms with Crippen LogP contribution in [0.4, 0.5) is 0 Å². The van der Waals surface area contributed by atoms with Crippen molar-refractivity contribution in [2.24, 2.45) is 0 Å². The van der Waals surface area contributed by atoms with Gasteiger partial charge in [-0.2, -0.15) is 0 Å². The van der Waals surface area contributed by atoms with E-state index in [-0.39, 0.29) is 6.54 Å². The highest BCUT2D eigenvalue weighted by Crippen LogP contribution is 2.10. The van der Waals surface area contributed by atoms with Crippen molar-refractivity contribution in [3.05, 3.63) is 42.5 Å². The Morgan fingerprint density at radius 1 is 1.33 bits per heavy atom. The van der Waals surface area contributed by atoms with Crippen molar-refractivity contribution in [3.8, 4) is 0 Å². The summed E-state index contributed by atoms with van der Waals surface area (Å²) in [5, 5.41) is 0. The first-order chi connectivity index (χ1) is 7.10. The average Bonchev–Trinajstić information content (AvgIpc) is 2.26. The van der Waals surface area contributed by atoms with Gasteiger partial charge < -0.3 is 0 Å². The van der Waals surface area contributed by atoms with Crippen molar-refractivity contribution in [2.75, 3.05) is 6.54 Å². The summed E-state index contributed by atoms with van der Waals surface area (Å²) in [5.74, 6) is 0. The number of aryl methyl sites for hydroxylation is 1. The van der Waals surface area contributed by atoms with Crippen LogP contribution in [-0.2, 0) is 16.4 Å². The van der Waals surface area contributed by atoms with Gasteiger partial charge in [0.25, 0.3) is 0 Å². The molecule has 0 saturated heterocycles. The van der Waals surface area contributed by atoms with Crippen LogP contribution in [-0.4, -0.2) is 15.0 Å². The zero-order valence-corrected chi connectivity index (χ0v) is 9.55. The molecule has 4 heteroatoms. The fraction of sp³-hybridized carbons (Fsp3) is 0.273. The van der Waals surface area contributed by atoms with E-state index in [1.54, 1.807) is 12.1 Å². The van der Waals surface area contributed by atoms with Gasteiger partial charge in [0.05, 0.1) is 4.90 Å². The van der Waals surface area contributed by atoms with Crippen molar-refractivity contribution in [2.45, 2.75) is 18.2 Å². The fourth-order valence-corrected chi connectivity index (χ4v) is 2.15. The molecule has 0 saturated carbocycles. The van der Waals surface area contributed by atoms with E-state index in [2.05, 4.69) is 11.3 Å². The summed E-state index contributed by atoms with van der Waals surface area (Å²) in [6, 6.07) is 6.87. The number of benzene rings is 1. The minimum atomic E-state index is -3.37. The summed E-state index contributed by atoms with van der Waals surface area (Å²) < 4.78 is 25.7. The first-order valence-electron chi connectivity index (χ1n) is 4.79. The molecule has 0 heterocycles. The second kappa shape index (κ2) is 5.09. The fourth-order valence-electron chi connectivity index (χ4n) is 1.16. The lowest BCUT2D eigenvalue weighted by molar-refractivity contribution is 0.585. The number of rotatable bonds is 5. The van der Waals surface area contributed by atoms with Gasteiger partial charge in [-0.15, -0.1) is 6.58 Å². The molecule has 0 unspecified atom stereocenters. The summed E-state index contributed by atoms with van der Waals surface area (Å²) in [6.45, 7) is 5.73. The van der Waals surface area contributed by atoms with Gasteiger partial charge in [-0.1, -0.05) is 25.1 Å². The van der Waals surface area contributed by atoms with E-state index in [1.165, 1.54) is 6.08 Å². The molecule has 0 bridgehead atoms. The first-order valence-corrected chi connectivity index (χ1v) is 6.28. The molecule has 0 aromatic heterocycles. The molecule has 0 aliphatic heterocycles. The minimum Gasteiger partial charge on any atom is -0.207 e. The van der Waals surface area contributed by atoms with Gasteiger partial charge in [0.2, 0.25) is 10.0 Å². The largest absolute Gasteiger partial charge is 0.240 e. The van der Waals surface area contributed by atoms with Gasteiger partial charge >= 0.3 is 0 Å². The highest BCUT2D eigenvalue weighted by molar-refractivity contribution is 7.89. The molecule has 0 radical (unpaired) electrons. The van der Waals surface area contributed by atoms with Crippen LogP contribution in [0.3, 0.4) is 0 Å². The number of hydrogen-bond donors (Lipinski definition) is 1. The van der Waals surface area contributed by atoms with Crippen molar-refractivity contribution in [1.29, 1.82) is 0 Å². The Labute approximate surface area is 90.9 Å². The zero-order valence-electron chi connectivity index (χ0n) is 8.73. The summed E-state index contributed by atoms with van der Waals surface area (Å²) in [4.78, 5) is 0.293. The van der Waals surface area contributed by atoms with Crippen LogP contribution in [0.25, 0.3) is 0 Å². The monoisotopic (exact) mass is 225 g/mol. The van der Waals surface area contributed by atoms with E-state index >= 15 is 0 Å². The van der Waals surface area contributed by atoms with Gasteiger partial charge in [-0.3, -0.25) is 0 Å². The van der Waals surface area contributed by atoms with E-state index < -0.39 is 10.0 Å². The van der Waals surface area contributed by atoms with Crippen LogP contribution in [0.5, 0.6) is 0 Å². The molecule has 0 spiro atoms. The van der Waals surface area contributed by atoms with Gasteiger partial charge in [0.1, 0.15) is 0 Å². The second-order valence-corrected chi connectivity index (χ2v) is 4.91. The van der Waals surface area contributed by atoms with E-state index in [4.69, 9.17) is 0 Å². The summed E-state index contributed by atoms with van der Waals surface area (Å²) in [5.41, 5.74) is 1.12. The number of hydrogen-bond acceptors (Lipinski definition) is 2. The van der Waals surface area contributed by atoms with Crippen molar-refractivity contribution >= 4 is 10.0 Å². The van der Waals surface area contributed by atoms with Crippen LogP contribution in [0.1, 0.15) is 12.5 Å². The third-order valence-corrected chi connectivity index (χ3v) is 3.50. The van der Waals surface area contributed by atoms with E-state index in [0.717, 1.165) is 12.0 Å². The number of nitrogens with one attached hydrogen (secondary N) is 1. The van der Waals surface area contributed by atoms with Crippen LogP contribution in [0, 0.1) is 0 Å². The molecule has 1 aromatic rings. The van der Waals surface area contributed by atoms with Crippen molar-refractivity contribution in [3.63, 3.8) is 0 Å². The highest BCUT2D eigenvalue weighted by Gasteiger charge is 2.11.